The smallest absolute Gasteiger partial charge is 0.0730 e. The molecule has 1 heterocycles. The van der Waals surface area contributed by atoms with Crippen LogP contribution >= 0.6 is 0 Å². The van der Waals surface area contributed by atoms with Crippen molar-refractivity contribution in [3.05, 3.63) is 0 Å². The van der Waals surface area contributed by atoms with E-state index in [0.29, 0.717) is 12.1 Å². The summed E-state index contributed by atoms with van der Waals surface area (Å²) < 4.78 is 0. The van der Waals surface area contributed by atoms with Gasteiger partial charge in [0.1, 0.15) is 0 Å². The maximum absolute atomic E-state index is 4.03. The van der Waals surface area contributed by atoms with Gasteiger partial charge < -0.3 is 0 Å². The zero-order chi connectivity index (χ0) is 4.69. The quantitative estimate of drug-likeness (QED) is 0.435. The minimum absolute atomic E-state index is 0.630. The Balaban J connectivity index is 2.27. The van der Waals surface area contributed by atoms with Gasteiger partial charge in [0.05, 0.1) is 12.1 Å². The normalized spacial score (nSPS) is 45.7. The van der Waals surface area contributed by atoms with Gasteiger partial charge in [0.15, 0.2) is 0 Å². The van der Waals surface area contributed by atoms with E-state index in [4.69, 9.17) is 0 Å². The van der Waals surface area contributed by atoms with Crippen molar-refractivity contribution in [1.82, 2.24) is 0 Å². The van der Waals surface area contributed by atoms with Gasteiger partial charge in [0.25, 0.3) is 0 Å². The monoisotopic (exact) mass is 96.1 g/mol. The van der Waals surface area contributed by atoms with Crippen LogP contribution in [0.15, 0.2) is 10.2 Å². The highest BCUT2D eigenvalue weighted by Crippen LogP contribution is 2.30. The Morgan fingerprint density at radius 3 is 1.71 bits per heavy atom. The second-order valence-electron chi connectivity index (χ2n) is 2.35. The molecule has 1 aliphatic carbocycles. The molecule has 0 radical (unpaired) electrons. The van der Waals surface area contributed by atoms with Crippen LogP contribution in [0.4, 0.5) is 0 Å². The zero-order valence-electron chi connectivity index (χ0n) is 4.17. The third-order valence-electron chi connectivity index (χ3n) is 1.77. The molecule has 2 aliphatic rings. The highest BCUT2D eigenvalue weighted by atomic mass is 15.2. The van der Waals surface area contributed by atoms with E-state index in [1.807, 2.05) is 0 Å². The predicted molar refractivity (Wildman–Crippen MR) is 26.3 cm³/mol. The first-order valence-electron chi connectivity index (χ1n) is 2.85. The van der Waals surface area contributed by atoms with Crippen molar-refractivity contribution in [2.24, 2.45) is 10.2 Å². The average Bonchev–Trinajstić information content (AvgIpc) is 2.22. The molecule has 1 fully saturated rings. The van der Waals surface area contributed by atoms with Gasteiger partial charge >= 0.3 is 0 Å². The molecule has 1 aliphatic heterocycles. The summed E-state index contributed by atoms with van der Waals surface area (Å²) in [4.78, 5) is 0. The molecule has 2 atom stereocenters. The third-order valence-corrected chi connectivity index (χ3v) is 1.77. The molecule has 0 saturated heterocycles. The second kappa shape index (κ2) is 1.05. The number of hydrogen-bond donors (Lipinski definition) is 0. The highest BCUT2D eigenvalue weighted by Gasteiger charge is 2.28. The van der Waals surface area contributed by atoms with Crippen molar-refractivity contribution in [2.75, 3.05) is 0 Å². The van der Waals surface area contributed by atoms with Crippen molar-refractivity contribution in [3.63, 3.8) is 0 Å². The van der Waals surface area contributed by atoms with E-state index in [0.717, 1.165) is 0 Å². The lowest BCUT2D eigenvalue weighted by Gasteiger charge is -1.95. The molecule has 0 N–H and O–H groups in total. The maximum Gasteiger partial charge on any atom is 0.0730 e. The van der Waals surface area contributed by atoms with E-state index in [2.05, 4.69) is 10.2 Å². The topological polar surface area (TPSA) is 24.7 Å². The van der Waals surface area contributed by atoms with Gasteiger partial charge in [-0.25, -0.2) is 0 Å². The molecule has 0 aromatic rings. The number of azo groups is 1. The van der Waals surface area contributed by atoms with Crippen molar-refractivity contribution in [3.8, 4) is 0 Å². The summed E-state index contributed by atoms with van der Waals surface area (Å²) >= 11 is 0. The summed E-state index contributed by atoms with van der Waals surface area (Å²) in [5, 5.41) is 8.06. The van der Waals surface area contributed by atoms with E-state index in [-0.39, 0.29) is 0 Å². The van der Waals surface area contributed by atoms with Crippen molar-refractivity contribution >= 4 is 0 Å². The first-order chi connectivity index (χ1) is 3.45. The van der Waals surface area contributed by atoms with Gasteiger partial charge in [-0.05, 0) is 19.3 Å². The van der Waals surface area contributed by atoms with Gasteiger partial charge in [-0.15, -0.1) is 0 Å². The van der Waals surface area contributed by atoms with Crippen LogP contribution < -0.4 is 0 Å². The molecule has 38 valence electrons. The molecule has 2 heteroatoms. The average molecular weight is 96.1 g/mol. The fraction of sp³-hybridized carbons (Fsp3) is 1.00. The van der Waals surface area contributed by atoms with Crippen molar-refractivity contribution < 1.29 is 0 Å². The fourth-order valence-electron chi connectivity index (χ4n) is 1.33. The summed E-state index contributed by atoms with van der Waals surface area (Å²) in [7, 11) is 0. The lowest BCUT2D eigenvalue weighted by molar-refractivity contribution is 0.643. The summed E-state index contributed by atoms with van der Waals surface area (Å²) in [6.07, 6.45) is 3.85. The Morgan fingerprint density at radius 1 is 1.00 bits per heavy atom. The van der Waals surface area contributed by atoms with E-state index in [1.54, 1.807) is 0 Å². The summed E-state index contributed by atoms with van der Waals surface area (Å²) in [6.45, 7) is 0. The number of nitrogens with zero attached hydrogens (tertiary/aromatic N) is 2. The SMILES string of the molecule is C1C[C@H]2C[C@@H]1N=N2. The lowest BCUT2D eigenvalue weighted by atomic mass is 10.3. The van der Waals surface area contributed by atoms with Gasteiger partial charge in [0, 0.05) is 0 Å². The fourth-order valence-corrected chi connectivity index (χ4v) is 1.33. The Labute approximate surface area is 42.6 Å². The van der Waals surface area contributed by atoms with Crippen LogP contribution in [0.5, 0.6) is 0 Å². The lowest BCUT2D eigenvalue weighted by Crippen LogP contribution is -1.89. The molecule has 2 rings (SSSR count). The van der Waals surface area contributed by atoms with Crippen LogP contribution in [0.25, 0.3) is 0 Å². The third kappa shape index (κ3) is 0.392. The van der Waals surface area contributed by atoms with E-state index < -0.39 is 0 Å². The molecule has 7 heavy (non-hydrogen) atoms. The van der Waals surface area contributed by atoms with Gasteiger partial charge in [-0.1, -0.05) is 0 Å². The van der Waals surface area contributed by atoms with Crippen LogP contribution in [0.3, 0.4) is 0 Å². The molecule has 1 saturated carbocycles. The van der Waals surface area contributed by atoms with Crippen LogP contribution in [0, 0.1) is 0 Å². The highest BCUT2D eigenvalue weighted by molar-refractivity contribution is 4.88. The minimum Gasteiger partial charge on any atom is -0.190 e. The molecule has 0 aromatic carbocycles. The first kappa shape index (κ1) is 3.58. The Kier molecular flexibility index (Phi) is 0.540. The maximum atomic E-state index is 4.03. The standard InChI is InChI=1S/C5H8N2/c1-2-5-3-4(1)6-7-5/h4-5H,1-3H2/t4-,5+. The van der Waals surface area contributed by atoms with E-state index in [9.17, 15) is 0 Å². The van der Waals surface area contributed by atoms with Crippen molar-refractivity contribution in [1.29, 1.82) is 0 Å². The largest absolute Gasteiger partial charge is 0.190 e. The Bertz CT molecular complexity index is 96.6. The molecule has 2 nitrogen and oxygen atoms in total. The first-order valence-corrected chi connectivity index (χ1v) is 2.85. The van der Waals surface area contributed by atoms with Crippen molar-refractivity contribution in [2.45, 2.75) is 31.3 Å². The summed E-state index contributed by atoms with van der Waals surface area (Å²) in [6, 6.07) is 1.26. The minimum atomic E-state index is 0.630. The van der Waals surface area contributed by atoms with Crippen LogP contribution in [0.1, 0.15) is 19.3 Å². The predicted octanol–water partition coefficient (Wildman–Crippen LogP) is 1.37. The number of fused-ring (bicyclic) bond motifs is 2. The van der Waals surface area contributed by atoms with Gasteiger partial charge in [-0.3, -0.25) is 0 Å². The molecular weight excluding hydrogens is 88.1 g/mol. The molecule has 0 spiro atoms. The molecule has 0 amide bonds. The molecule has 2 bridgehead atoms. The Hall–Kier alpha value is -0.400. The zero-order valence-corrected chi connectivity index (χ0v) is 4.17. The number of hydrogen-bond acceptors (Lipinski definition) is 2. The van der Waals surface area contributed by atoms with Crippen LogP contribution in [0.2, 0.25) is 0 Å². The Morgan fingerprint density at radius 2 is 1.57 bits per heavy atom. The summed E-state index contributed by atoms with van der Waals surface area (Å²) in [5.41, 5.74) is 0. The summed E-state index contributed by atoms with van der Waals surface area (Å²) in [5.74, 6) is 0. The second-order valence-corrected chi connectivity index (χ2v) is 2.35. The van der Waals surface area contributed by atoms with E-state index in [1.165, 1.54) is 19.3 Å². The molecular formula is C5H8N2. The van der Waals surface area contributed by atoms with Crippen LogP contribution in [-0.4, -0.2) is 12.1 Å². The van der Waals surface area contributed by atoms with Crippen LogP contribution in [-0.2, 0) is 0 Å². The number of rotatable bonds is 0. The van der Waals surface area contributed by atoms with E-state index >= 15 is 0 Å². The molecule has 0 unspecified atom stereocenters. The van der Waals surface area contributed by atoms with Gasteiger partial charge in [-0.2, -0.15) is 10.2 Å². The van der Waals surface area contributed by atoms with Gasteiger partial charge in [0.2, 0.25) is 0 Å². The molecule has 0 aromatic heterocycles.